The number of fused-ring (bicyclic) bond motifs is 3. The lowest BCUT2D eigenvalue weighted by Crippen LogP contribution is -2.31. The average molecular weight is 417 g/mol. The van der Waals surface area contributed by atoms with E-state index in [0.29, 0.717) is 32.1 Å². The fourth-order valence-electron chi connectivity index (χ4n) is 2.88. The van der Waals surface area contributed by atoms with Gasteiger partial charge in [0, 0.05) is 5.39 Å². The maximum Gasteiger partial charge on any atom is 0.291 e. The van der Waals surface area contributed by atoms with Gasteiger partial charge in [-0.15, -0.1) is 0 Å². The first-order chi connectivity index (χ1) is 11.9. The summed E-state index contributed by atoms with van der Waals surface area (Å²) in [6.07, 6.45) is 0. The minimum atomic E-state index is -3.62. The van der Waals surface area contributed by atoms with Crippen molar-refractivity contribution in [2.45, 2.75) is 16.7 Å². The molecule has 126 valence electrons. The Morgan fingerprint density at radius 1 is 1.00 bits per heavy atom. The molecule has 0 aliphatic heterocycles. The number of nitrogens with zero attached hydrogens (tertiary/aromatic N) is 1. The number of halogens is 1. The Labute approximate surface area is 152 Å². The fourth-order valence-corrected chi connectivity index (χ4v) is 4.58. The van der Waals surface area contributed by atoms with Crippen LogP contribution in [0.25, 0.3) is 21.9 Å². The number of rotatable bonds is 2. The van der Waals surface area contributed by atoms with E-state index in [9.17, 15) is 13.6 Å². The van der Waals surface area contributed by atoms with Crippen LogP contribution in [0.1, 0.15) is 5.69 Å². The second-order valence-corrected chi connectivity index (χ2v) is 8.59. The smallest absolute Gasteiger partial charge is 0.291 e. The van der Waals surface area contributed by atoms with Gasteiger partial charge in [-0.05, 0) is 59.3 Å². The third-order valence-electron chi connectivity index (χ3n) is 4.28. The van der Waals surface area contributed by atoms with E-state index in [1.165, 1.54) is 0 Å². The quantitative estimate of drug-likeness (QED) is 0.398. The molecule has 4 aromatic rings. The molecule has 0 aliphatic carbocycles. The van der Waals surface area contributed by atoms with E-state index in [1.807, 2.05) is 6.07 Å². The van der Waals surface area contributed by atoms with Crippen molar-refractivity contribution in [3.05, 3.63) is 70.0 Å². The zero-order chi connectivity index (χ0) is 17.8. The van der Waals surface area contributed by atoms with Crippen LogP contribution in [0.15, 0.2) is 68.9 Å². The van der Waals surface area contributed by atoms with E-state index in [-0.39, 0.29) is 9.79 Å². The van der Waals surface area contributed by atoms with Gasteiger partial charge in [-0.25, -0.2) is 18.1 Å². The van der Waals surface area contributed by atoms with Crippen molar-refractivity contribution in [1.29, 1.82) is 0 Å². The predicted molar refractivity (Wildman–Crippen MR) is 99.1 cm³/mol. The van der Waals surface area contributed by atoms with Crippen LogP contribution in [0.4, 0.5) is 0 Å². The molecule has 0 bridgehead atoms. The highest BCUT2D eigenvalue weighted by atomic mass is 79.9. The molecule has 0 fully saturated rings. The monoisotopic (exact) mass is 416 g/mol. The second-order valence-electron chi connectivity index (χ2n) is 5.78. The molecule has 0 radical (unpaired) electrons. The van der Waals surface area contributed by atoms with Crippen LogP contribution in [-0.2, 0) is 9.84 Å². The summed E-state index contributed by atoms with van der Waals surface area (Å²) >= 11 is 3.38. The van der Waals surface area contributed by atoms with Gasteiger partial charge >= 0.3 is 0 Å². The Kier molecular flexibility index (Phi) is 3.59. The van der Waals surface area contributed by atoms with Crippen LogP contribution in [0, 0.1) is 12.1 Å². The zero-order valence-electron chi connectivity index (χ0n) is 13.2. The topological polar surface area (TPSA) is 76.9 Å². The third kappa shape index (κ3) is 2.42. The van der Waals surface area contributed by atoms with Gasteiger partial charge in [0.25, 0.3) is 5.65 Å². The Morgan fingerprint density at radius 2 is 1.72 bits per heavy atom. The lowest BCUT2D eigenvalue weighted by Gasteiger charge is -2.08. The maximum absolute atomic E-state index is 12.8. The summed E-state index contributed by atoms with van der Waals surface area (Å²) < 4.78 is 27.2. The predicted octanol–water partition coefficient (Wildman–Crippen LogP) is 3.86. The maximum atomic E-state index is 12.8. The van der Waals surface area contributed by atoms with Crippen LogP contribution >= 0.6 is 15.9 Å². The summed E-state index contributed by atoms with van der Waals surface area (Å²) in [6.45, 7) is 1.72. The first-order valence-electron chi connectivity index (χ1n) is 7.54. The van der Waals surface area contributed by atoms with Gasteiger partial charge in [-0.1, -0.05) is 18.2 Å². The number of nitrogens with one attached hydrogen (secondary N) is 1. The van der Waals surface area contributed by atoms with E-state index in [2.05, 4.69) is 20.9 Å². The Morgan fingerprint density at radius 3 is 2.44 bits per heavy atom. The molecule has 2 aromatic carbocycles. The molecule has 7 heteroatoms. The summed E-state index contributed by atoms with van der Waals surface area (Å²) in [5, 5.41) is 13.7. The molecule has 0 saturated heterocycles. The van der Waals surface area contributed by atoms with Crippen LogP contribution in [0.5, 0.6) is 0 Å². The van der Waals surface area contributed by atoms with Crippen molar-refractivity contribution in [2.75, 3.05) is 0 Å². The van der Waals surface area contributed by atoms with E-state index in [0.717, 1.165) is 4.73 Å². The molecule has 0 spiro atoms. The van der Waals surface area contributed by atoms with E-state index >= 15 is 0 Å². The summed E-state index contributed by atoms with van der Waals surface area (Å²) in [5.74, 6) is 0. The van der Waals surface area contributed by atoms with Gasteiger partial charge < -0.3 is 5.21 Å². The second kappa shape index (κ2) is 5.57. The summed E-state index contributed by atoms with van der Waals surface area (Å²) in [6, 6.07) is 15.0. The first kappa shape index (κ1) is 16.1. The molecule has 2 heterocycles. The Hall–Kier alpha value is -2.38. The standard InChI is InChI=1S/C18H13BrN2O3S/c1-11-16(19)10-15-14-9-13(7-8-17(14)20-18(15)21(11)22)25(23,24)12-5-3-2-4-6-12/h2-10,20H,1H3. The molecule has 5 nitrogen and oxygen atoms in total. The highest BCUT2D eigenvalue weighted by Crippen LogP contribution is 2.30. The Balaban J connectivity index is 2.01. The highest BCUT2D eigenvalue weighted by Gasteiger charge is 2.21. The normalized spacial score (nSPS) is 12.1. The third-order valence-corrected chi connectivity index (χ3v) is 6.85. The van der Waals surface area contributed by atoms with Crippen molar-refractivity contribution in [2.24, 2.45) is 0 Å². The van der Waals surface area contributed by atoms with E-state index < -0.39 is 9.84 Å². The lowest BCUT2D eigenvalue weighted by molar-refractivity contribution is -0.586. The molecule has 2 aromatic heterocycles. The van der Waals surface area contributed by atoms with E-state index in [1.54, 1.807) is 55.5 Å². The van der Waals surface area contributed by atoms with E-state index in [4.69, 9.17) is 0 Å². The number of H-pyrrole nitrogens is 1. The SMILES string of the molecule is Cc1c(Br)cc2c3cc(S(=O)(=O)c4ccccc4)ccc3[nH]c2[n+]1[O-]. The number of sulfone groups is 1. The number of pyridine rings is 1. The van der Waals surface area contributed by atoms with Crippen LogP contribution in [-0.4, -0.2) is 13.4 Å². The molecule has 1 N–H and O–H groups in total. The van der Waals surface area contributed by atoms with Gasteiger partial charge in [-0.3, -0.25) is 0 Å². The van der Waals surface area contributed by atoms with Crippen LogP contribution in [0.2, 0.25) is 0 Å². The molecular weight excluding hydrogens is 404 g/mol. The van der Waals surface area contributed by atoms with Crippen molar-refractivity contribution < 1.29 is 13.1 Å². The molecular formula is C18H13BrN2O3S. The average Bonchev–Trinajstić information content (AvgIpc) is 2.98. The number of aromatic nitrogens is 2. The minimum Gasteiger partial charge on any atom is -0.710 e. The van der Waals surface area contributed by atoms with Gasteiger partial charge in [0.05, 0.1) is 19.6 Å². The van der Waals surface area contributed by atoms with Gasteiger partial charge in [0.2, 0.25) is 9.84 Å². The number of hydrogen-bond donors (Lipinski definition) is 1. The van der Waals surface area contributed by atoms with Gasteiger partial charge in [0.15, 0.2) is 0 Å². The number of hydrogen-bond acceptors (Lipinski definition) is 3. The van der Waals surface area contributed by atoms with Crippen molar-refractivity contribution in [1.82, 2.24) is 4.98 Å². The summed E-state index contributed by atoms with van der Waals surface area (Å²) in [7, 11) is -3.62. The molecule has 25 heavy (non-hydrogen) atoms. The molecule has 0 atom stereocenters. The molecule has 0 aliphatic rings. The molecule has 0 saturated carbocycles. The van der Waals surface area contributed by atoms with Crippen LogP contribution < -0.4 is 4.73 Å². The fraction of sp³-hybridized carbons (Fsp3) is 0.0556. The zero-order valence-corrected chi connectivity index (χ0v) is 15.6. The highest BCUT2D eigenvalue weighted by molar-refractivity contribution is 9.10. The van der Waals surface area contributed by atoms with Crippen LogP contribution in [0.3, 0.4) is 0 Å². The molecule has 0 amide bonds. The van der Waals surface area contributed by atoms with Crippen molar-refractivity contribution >= 4 is 47.7 Å². The Bertz CT molecular complexity index is 1230. The summed E-state index contributed by atoms with van der Waals surface area (Å²) in [5.41, 5.74) is 1.66. The van der Waals surface area contributed by atoms with Crippen molar-refractivity contribution in [3.8, 4) is 0 Å². The number of benzene rings is 2. The van der Waals surface area contributed by atoms with Crippen molar-refractivity contribution in [3.63, 3.8) is 0 Å². The molecule has 0 unspecified atom stereocenters. The largest absolute Gasteiger partial charge is 0.710 e. The van der Waals surface area contributed by atoms with Gasteiger partial charge in [0.1, 0.15) is 11.2 Å². The lowest BCUT2D eigenvalue weighted by atomic mass is 10.2. The molecule has 4 rings (SSSR count). The number of aromatic amines is 1. The van der Waals surface area contributed by atoms with Gasteiger partial charge in [-0.2, -0.15) is 0 Å². The minimum absolute atomic E-state index is 0.196. The first-order valence-corrected chi connectivity index (χ1v) is 9.81. The summed E-state index contributed by atoms with van der Waals surface area (Å²) in [4.78, 5) is 3.50.